The summed E-state index contributed by atoms with van der Waals surface area (Å²) in [6.45, 7) is 4.31. The Labute approximate surface area is 79.4 Å². The Bertz CT molecular complexity index is 149. The lowest BCUT2D eigenvalue weighted by Gasteiger charge is -2.47. The predicted octanol–water partition coefficient (Wildman–Crippen LogP) is 0.0620. The monoisotopic (exact) mass is 189 g/mol. The van der Waals surface area contributed by atoms with E-state index in [1.165, 1.54) is 0 Å². The van der Waals surface area contributed by atoms with Crippen molar-refractivity contribution in [3.8, 4) is 0 Å². The van der Waals surface area contributed by atoms with Crippen LogP contribution >= 0.6 is 0 Å². The summed E-state index contributed by atoms with van der Waals surface area (Å²) >= 11 is 0. The number of rotatable bonds is 5. The van der Waals surface area contributed by atoms with Crippen molar-refractivity contribution in [1.82, 2.24) is 4.90 Å². The van der Waals surface area contributed by atoms with Gasteiger partial charge in [-0.25, -0.2) is 0 Å². The van der Waals surface area contributed by atoms with Gasteiger partial charge >= 0.3 is 0 Å². The second-order valence-corrected chi connectivity index (χ2v) is 3.67. The second kappa shape index (κ2) is 4.37. The molecule has 1 aliphatic heterocycles. The summed E-state index contributed by atoms with van der Waals surface area (Å²) in [5.41, 5.74) is 0. The first-order valence-electron chi connectivity index (χ1n) is 4.62. The Morgan fingerprint density at radius 2 is 1.92 bits per heavy atom. The highest BCUT2D eigenvalue weighted by Gasteiger charge is 2.43. The lowest BCUT2D eigenvalue weighted by atomic mass is 10.1. The number of hydrogen-bond acceptors (Lipinski definition) is 4. The van der Waals surface area contributed by atoms with E-state index in [2.05, 4.69) is 4.90 Å². The number of ether oxygens (including phenoxy) is 2. The van der Waals surface area contributed by atoms with Gasteiger partial charge in [-0.1, -0.05) is 0 Å². The van der Waals surface area contributed by atoms with Crippen LogP contribution in [0.15, 0.2) is 0 Å². The molecule has 1 heterocycles. The van der Waals surface area contributed by atoms with Crippen molar-refractivity contribution in [2.75, 3.05) is 33.9 Å². The number of aliphatic hydroxyl groups is 1. The van der Waals surface area contributed by atoms with Crippen LogP contribution in [0.1, 0.15) is 13.3 Å². The van der Waals surface area contributed by atoms with E-state index in [4.69, 9.17) is 14.6 Å². The third-order valence-electron chi connectivity index (χ3n) is 2.54. The van der Waals surface area contributed by atoms with Crippen molar-refractivity contribution in [3.05, 3.63) is 0 Å². The third kappa shape index (κ3) is 2.64. The van der Waals surface area contributed by atoms with E-state index >= 15 is 0 Å². The molecule has 0 spiro atoms. The summed E-state index contributed by atoms with van der Waals surface area (Å²) in [6.07, 6.45) is 0.587. The number of hydrogen-bond donors (Lipinski definition) is 1. The van der Waals surface area contributed by atoms with Gasteiger partial charge in [0.1, 0.15) is 0 Å². The molecule has 1 rings (SSSR count). The standard InChI is InChI=1S/C9H19NO3/c1-8(11)4-5-10-6-9(7-10,12-2)13-3/h8,11H,4-7H2,1-3H3. The van der Waals surface area contributed by atoms with E-state index in [-0.39, 0.29) is 6.10 Å². The van der Waals surface area contributed by atoms with Crippen molar-refractivity contribution in [1.29, 1.82) is 0 Å². The lowest BCUT2D eigenvalue weighted by Crippen LogP contribution is -2.64. The normalized spacial score (nSPS) is 24.0. The van der Waals surface area contributed by atoms with Crippen molar-refractivity contribution in [3.63, 3.8) is 0 Å². The van der Waals surface area contributed by atoms with Gasteiger partial charge in [-0.3, -0.25) is 4.90 Å². The molecule has 1 saturated heterocycles. The van der Waals surface area contributed by atoms with Crippen molar-refractivity contribution < 1.29 is 14.6 Å². The smallest absolute Gasteiger partial charge is 0.193 e. The van der Waals surface area contributed by atoms with Gasteiger partial charge in [0.15, 0.2) is 5.79 Å². The van der Waals surface area contributed by atoms with Crippen LogP contribution in [0.2, 0.25) is 0 Å². The van der Waals surface area contributed by atoms with Gasteiger partial charge in [-0.15, -0.1) is 0 Å². The fraction of sp³-hybridized carbons (Fsp3) is 1.00. The molecule has 1 unspecified atom stereocenters. The van der Waals surface area contributed by atoms with Gasteiger partial charge in [0.25, 0.3) is 0 Å². The minimum absolute atomic E-state index is 0.222. The fourth-order valence-electron chi connectivity index (χ4n) is 1.50. The summed E-state index contributed by atoms with van der Waals surface area (Å²) in [5.74, 6) is -0.390. The minimum Gasteiger partial charge on any atom is -0.393 e. The highest BCUT2D eigenvalue weighted by atomic mass is 16.7. The molecule has 1 N–H and O–H groups in total. The Hall–Kier alpha value is -0.160. The molecule has 0 aromatic rings. The molecule has 4 heteroatoms. The van der Waals surface area contributed by atoms with Gasteiger partial charge in [-0.05, 0) is 13.3 Å². The summed E-state index contributed by atoms with van der Waals surface area (Å²) in [6, 6.07) is 0. The molecule has 1 fully saturated rings. The van der Waals surface area contributed by atoms with Gasteiger partial charge in [0.2, 0.25) is 0 Å². The lowest BCUT2D eigenvalue weighted by molar-refractivity contribution is -0.275. The molecular formula is C9H19NO3. The SMILES string of the molecule is COC1(OC)CN(CCC(C)O)C1. The van der Waals surface area contributed by atoms with Crippen LogP contribution < -0.4 is 0 Å². The van der Waals surface area contributed by atoms with Crippen LogP contribution in [0.3, 0.4) is 0 Å². The van der Waals surface area contributed by atoms with Crippen LogP contribution in [0.25, 0.3) is 0 Å². The molecule has 0 amide bonds. The summed E-state index contributed by atoms with van der Waals surface area (Å²) in [5, 5.41) is 9.08. The molecule has 0 radical (unpaired) electrons. The zero-order valence-corrected chi connectivity index (χ0v) is 8.62. The molecule has 0 saturated carbocycles. The van der Waals surface area contributed by atoms with Crippen LogP contribution in [-0.4, -0.2) is 55.8 Å². The van der Waals surface area contributed by atoms with Gasteiger partial charge in [-0.2, -0.15) is 0 Å². The van der Waals surface area contributed by atoms with E-state index in [0.717, 1.165) is 26.1 Å². The zero-order chi connectivity index (χ0) is 9.90. The van der Waals surface area contributed by atoms with Crippen LogP contribution in [0.5, 0.6) is 0 Å². The first kappa shape index (κ1) is 10.9. The van der Waals surface area contributed by atoms with Crippen LogP contribution in [-0.2, 0) is 9.47 Å². The topological polar surface area (TPSA) is 41.9 Å². The predicted molar refractivity (Wildman–Crippen MR) is 49.5 cm³/mol. The molecule has 13 heavy (non-hydrogen) atoms. The largest absolute Gasteiger partial charge is 0.393 e. The Morgan fingerprint density at radius 3 is 2.31 bits per heavy atom. The Kier molecular flexibility index (Phi) is 3.67. The van der Waals surface area contributed by atoms with E-state index in [9.17, 15) is 0 Å². The first-order valence-corrected chi connectivity index (χ1v) is 4.62. The van der Waals surface area contributed by atoms with Gasteiger partial charge in [0, 0.05) is 20.8 Å². The fourth-order valence-corrected chi connectivity index (χ4v) is 1.50. The third-order valence-corrected chi connectivity index (χ3v) is 2.54. The molecular weight excluding hydrogens is 170 g/mol. The highest BCUT2D eigenvalue weighted by molar-refractivity contribution is 4.89. The quantitative estimate of drug-likeness (QED) is 0.621. The van der Waals surface area contributed by atoms with E-state index in [1.54, 1.807) is 21.1 Å². The van der Waals surface area contributed by atoms with Crippen molar-refractivity contribution in [2.24, 2.45) is 0 Å². The number of likely N-dealkylation sites (tertiary alicyclic amines) is 1. The van der Waals surface area contributed by atoms with Gasteiger partial charge < -0.3 is 14.6 Å². The molecule has 4 nitrogen and oxygen atoms in total. The summed E-state index contributed by atoms with van der Waals surface area (Å²) in [7, 11) is 3.32. The molecule has 78 valence electrons. The number of aliphatic hydroxyl groups excluding tert-OH is 1. The van der Waals surface area contributed by atoms with Crippen molar-refractivity contribution >= 4 is 0 Å². The molecule has 1 aliphatic rings. The van der Waals surface area contributed by atoms with E-state index < -0.39 is 5.79 Å². The summed E-state index contributed by atoms with van der Waals surface area (Å²) < 4.78 is 10.5. The average Bonchev–Trinajstić information content (AvgIpc) is 2.03. The van der Waals surface area contributed by atoms with Crippen molar-refractivity contribution in [2.45, 2.75) is 25.2 Å². The van der Waals surface area contributed by atoms with E-state index in [0.29, 0.717) is 0 Å². The minimum atomic E-state index is -0.390. The zero-order valence-electron chi connectivity index (χ0n) is 8.62. The average molecular weight is 189 g/mol. The molecule has 1 atom stereocenters. The highest BCUT2D eigenvalue weighted by Crippen LogP contribution is 2.25. The maximum atomic E-state index is 9.08. The van der Waals surface area contributed by atoms with Gasteiger partial charge in [0.05, 0.1) is 19.2 Å². The second-order valence-electron chi connectivity index (χ2n) is 3.67. The maximum Gasteiger partial charge on any atom is 0.193 e. The Balaban J connectivity index is 2.16. The number of nitrogens with zero attached hydrogens (tertiary/aromatic N) is 1. The molecule has 0 aromatic heterocycles. The Morgan fingerprint density at radius 1 is 1.38 bits per heavy atom. The first-order chi connectivity index (χ1) is 6.12. The molecule has 0 aliphatic carbocycles. The maximum absolute atomic E-state index is 9.08. The van der Waals surface area contributed by atoms with Crippen LogP contribution in [0.4, 0.5) is 0 Å². The van der Waals surface area contributed by atoms with Crippen LogP contribution in [0, 0.1) is 0 Å². The van der Waals surface area contributed by atoms with E-state index in [1.807, 2.05) is 0 Å². The molecule has 0 aromatic carbocycles. The summed E-state index contributed by atoms with van der Waals surface area (Å²) in [4.78, 5) is 2.21. The number of methoxy groups -OCH3 is 2. The molecule has 0 bridgehead atoms.